The van der Waals surface area contributed by atoms with Gasteiger partial charge in [-0.25, -0.2) is 19.0 Å². The van der Waals surface area contributed by atoms with E-state index < -0.39 is 25.0 Å². The van der Waals surface area contributed by atoms with Gasteiger partial charge in [-0.05, 0) is 23.4 Å². The van der Waals surface area contributed by atoms with Crippen LogP contribution >= 0.6 is 34.8 Å². The summed E-state index contributed by atoms with van der Waals surface area (Å²) in [5, 5.41) is 6.35. The van der Waals surface area contributed by atoms with Crippen LogP contribution in [0.5, 0.6) is 11.6 Å². The highest BCUT2D eigenvalue weighted by atomic mass is 35.5. The molecule has 2 heterocycles. The fourth-order valence-corrected chi connectivity index (χ4v) is 3.44. The highest BCUT2D eigenvalue weighted by Gasteiger charge is 2.17. The van der Waals surface area contributed by atoms with Crippen LogP contribution in [0.15, 0.2) is 35.0 Å². The molecule has 186 valence electrons. The predicted molar refractivity (Wildman–Crippen MR) is 122 cm³/mol. The minimum atomic E-state index is -2.71. The van der Waals surface area contributed by atoms with Crippen LogP contribution in [0, 0.1) is 0 Å². The lowest BCUT2D eigenvalue weighted by molar-refractivity contribution is 0.0822. The number of ether oxygens (including phenoxy) is 2. The number of hydrazine groups is 1. The molecule has 0 saturated carbocycles. The number of nitrogens with zero attached hydrogens (tertiary/aromatic N) is 2. The Balaban J connectivity index is 1.63. The van der Waals surface area contributed by atoms with Crippen molar-refractivity contribution in [2.24, 2.45) is 0 Å². The van der Waals surface area contributed by atoms with Gasteiger partial charge in [-0.3, -0.25) is 15.2 Å². The van der Waals surface area contributed by atoms with Crippen molar-refractivity contribution >= 4 is 46.7 Å². The largest absolute Gasteiger partial charge is 0.485 e. The zero-order chi connectivity index (χ0) is 25.5. The number of carbonyl (C=O) groups excluding carboxylic acids is 2. The van der Waals surface area contributed by atoms with Crippen molar-refractivity contribution in [3.8, 4) is 22.8 Å². The number of hydrogen-bond acceptors (Lipinski definition) is 7. The van der Waals surface area contributed by atoms with Crippen LogP contribution in [-0.4, -0.2) is 42.2 Å². The van der Waals surface area contributed by atoms with E-state index in [2.05, 4.69) is 26.3 Å². The van der Waals surface area contributed by atoms with Gasteiger partial charge in [0, 0.05) is 22.3 Å². The quantitative estimate of drug-likeness (QED) is 0.353. The number of rotatable bonds is 8. The maximum absolute atomic E-state index is 12.6. The molecule has 0 aliphatic heterocycles. The Hall–Kier alpha value is -3.35. The molecule has 0 radical (unpaired) electrons. The Morgan fingerprint density at radius 3 is 2.54 bits per heavy atom. The normalized spacial score (nSPS) is 10.7. The van der Waals surface area contributed by atoms with E-state index >= 15 is 0 Å². The van der Waals surface area contributed by atoms with E-state index in [1.807, 2.05) is 0 Å². The average Bonchev–Trinajstić information content (AvgIpc) is 3.30. The van der Waals surface area contributed by atoms with Crippen LogP contribution in [0.25, 0.3) is 11.1 Å². The Morgan fingerprint density at radius 1 is 1.11 bits per heavy atom. The minimum Gasteiger partial charge on any atom is -0.485 e. The number of hydrogen-bond donors (Lipinski definition) is 3. The maximum atomic E-state index is 12.6. The summed E-state index contributed by atoms with van der Waals surface area (Å²) in [4.78, 5) is 28.1. The molecule has 3 amide bonds. The summed E-state index contributed by atoms with van der Waals surface area (Å²) in [6.45, 7) is -0.977. The molecular formula is C20H16Cl3F2N5O5. The molecule has 0 bridgehead atoms. The van der Waals surface area contributed by atoms with Crippen molar-refractivity contribution in [3.63, 3.8) is 0 Å². The molecule has 35 heavy (non-hydrogen) atoms. The first-order chi connectivity index (χ1) is 16.7. The van der Waals surface area contributed by atoms with E-state index in [9.17, 15) is 18.4 Å². The van der Waals surface area contributed by atoms with E-state index in [4.69, 9.17) is 48.8 Å². The number of benzene rings is 1. The molecule has 10 nitrogen and oxygen atoms in total. The standard InChI is InChI=1S/C20H16Cl3F2N5O5/c1-33-17-5-15(35-30-17)19(31)28-29-20(32)27-7-14-12(22)2-9(6-26-14)11-3-10(21)4-13(23)18(11)34-8-16(24)25/h2-6,16H,7-8H2,1H3,(H,28,31)(H2,27,29,32). The number of carbonyl (C=O) groups is 2. The van der Waals surface area contributed by atoms with Gasteiger partial charge in [-0.1, -0.05) is 34.8 Å². The van der Waals surface area contributed by atoms with Gasteiger partial charge in [0.15, 0.2) is 0 Å². The van der Waals surface area contributed by atoms with Gasteiger partial charge < -0.3 is 19.3 Å². The fourth-order valence-electron chi connectivity index (χ4n) is 2.66. The van der Waals surface area contributed by atoms with Gasteiger partial charge in [-0.15, -0.1) is 0 Å². The summed E-state index contributed by atoms with van der Waals surface area (Å²) < 4.78 is 39.9. The third-order valence-corrected chi connectivity index (χ3v) is 5.04. The molecule has 0 atom stereocenters. The molecule has 0 fully saturated rings. The Morgan fingerprint density at radius 2 is 1.89 bits per heavy atom. The summed E-state index contributed by atoms with van der Waals surface area (Å²) in [5.41, 5.74) is 5.22. The first-order valence-electron chi connectivity index (χ1n) is 9.57. The smallest absolute Gasteiger partial charge is 0.333 e. The fraction of sp³-hybridized carbons (Fsp3) is 0.200. The molecule has 3 N–H and O–H groups in total. The van der Waals surface area contributed by atoms with E-state index in [-0.39, 0.29) is 44.7 Å². The first-order valence-corrected chi connectivity index (χ1v) is 10.7. The van der Waals surface area contributed by atoms with Crippen molar-refractivity contribution in [3.05, 3.63) is 57.0 Å². The number of methoxy groups -OCH3 is 1. The van der Waals surface area contributed by atoms with Crippen LogP contribution in [0.3, 0.4) is 0 Å². The minimum absolute atomic E-state index is 0.000366. The number of nitrogens with one attached hydrogen (secondary N) is 3. The lowest BCUT2D eigenvalue weighted by Gasteiger charge is -2.15. The molecule has 0 unspecified atom stereocenters. The van der Waals surface area contributed by atoms with Gasteiger partial charge >= 0.3 is 11.9 Å². The molecule has 3 rings (SSSR count). The molecule has 2 aromatic heterocycles. The van der Waals surface area contributed by atoms with Crippen molar-refractivity contribution in [1.82, 2.24) is 26.3 Å². The molecule has 0 spiro atoms. The number of alkyl halides is 2. The van der Waals surface area contributed by atoms with Crippen molar-refractivity contribution in [1.29, 1.82) is 0 Å². The number of aromatic nitrogens is 2. The second-order valence-electron chi connectivity index (χ2n) is 6.61. The topological polar surface area (TPSA) is 128 Å². The molecule has 0 saturated heterocycles. The van der Waals surface area contributed by atoms with Crippen LogP contribution in [0.1, 0.15) is 16.2 Å². The number of urea groups is 1. The van der Waals surface area contributed by atoms with Gasteiger partial charge in [-0.2, -0.15) is 0 Å². The molecule has 0 aliphatic rings. The third-order valence-electron chi connectivity index (χ3n) is 4.22. The van der Waals surface area contributed by atoms with Gasteiger partial charge in [0.1, 0.15) is 12.4 Å². The monoisotopic (exact) mass is 549 g/mol. The van der Waals surface area contributed by atoms with Crippen LogP contribution in [0.4, 0.5) is 13.6 Å². The Bertz CT molecular complexity index is 1230. The maximum Gasteiger partial charge on any atom is 0.333 e. The Kier molecular flexibility index (Phi) is 8.90. The number of pyridine rings is 1. The van der Waals surface area contributed by atoms with Gasteiger partial charge in [0.2, 0.25) is 5.76 Å². The summed E-state index contributed by atoms with van der Waals surface area (Å²) in [6, 6.07) is 4.78. The summed E-state index contributed by atoms with van der Waals surface area (Å²) >= 11 is 18.4. The Labute approximate surface area is 211 Å². The summed E-state index contributed by atoms with van der Waals surface area (Å²) in [7, 11) is 1.35. The van der Waals surface area contributed by atoms with Crippen molar-refractivity contribution in [2.75, 3.05) is 13.7 Å². The molecule has 3 aromatic rings. The van der Waals surface area contributed by atoms with E-state index in [1.54, 1.807) is 0 Å². The highest BCUT2D eigenvalue weighted by Crippen LogP contribution is 2.40. The highest BCUT2D eigenvalue weighted by molar-refractivity contribution is 6.36. The molecule has 15 heteroatoms. The molecule has 1 aromatic carbocycles. The lowest BCUT2D eigenvalue weighted by atomic mass is 10.1. The second kappa shape index (κ2) is 11.9. The SMILES string of the molecule is COc1cc(C(=O)NNC(=O)NCc2ncc(-c3cc(Cl)cc(Cl)c3OCC(F)F)cc2Cl)on1. The third kappa shape index (κ3) is 7.07. The summed E-state index contributed by atoms with van der Waals surface area (Å²) in [6.07, 6.45) is -1.32. The predicted octanol–water partition coefficient (Wildman–Crippen LogP) is 4.49. The molecule has 0 aliphatic carbocycles. The zero-order valence-electron chi connectivity index (χ0n) is 17.7. The van der Waals surface area contributed by atoms with E-state index in [0.29, 0.717) is 11.1 Å². The van der Waals surface area contributed by atoms with Crippen LogP contribution in [-0.2, 0) is 6.54 Å². The van der Waals surface area contributed by atoms with E-state index in [0.717, 1.165) is 0 Å². The van der Waals surface area contributed by atoms with Crippen molar-refractivity contribution in [2.45, 2.75) is 13.0 Å². The van der Waals surface area contributed by atoms with E-state index in [1.165, 1.54) is 37.6 Å². The lowest BCUT2D eigenvalue weighted by Crippen LogP contribution is -2.46. The van der Waals surface area contributed by atoms with Gasteiger partial charge in [0.25, 0.3) is 12.3 Å². The number of amides is 3. The summed E-state index contributed by atoms with van der Waals surface area (Å²) in [5.74, 6) is -0.849. The first kappa shape index (κ1) is 26.3. The van der Waals surface area contributed by atoms with Gasteiger partial charge in [0.05, 0.1) is 35.5 Å². The van der Waals surface area contributed by atoms with Crippen LogP contribution in [0.2, 0.25) is 15.1 Å². The second-order valence-corrected chi connectivity index (χ2v) is 7.87. The zero-order valence-corrected chi connectivity index (χ0v) is 20.0. The average molecular weight is 551 g/mol. The number of halogens is 5. The molecular weight excluding hydrogens is 535 g/mol. The van der Waals surface area contributed by atoms with Crippen LogP contribution < -0.4 is 25.6 Å². The van der Waals surface area contributed by atoms with Crippen molar-refractivity contribution < 1.29 is 32.4 Å².